The van der Waals surface area contributed by atoms with E-state index in [2.05, 4.69) is 329 Å². The smallest absolute Gasteiger partial charge is 0.147 e. The zero-order valence-corrected chi connectivity index (χ0v) is 76.5. The molecule has 2 aliphatic heterocycles. The number of nitrogens with zero attached hydrogens (tertiary/aromatic N) is 4. The second-order valence-corrected chi connectivity index (χ2v) is 38.0. The number of para-hydroxylation sites is 6. The second-order valence-electron chi connectivity index (χ2n) is 35.9. The molecule has 22 aromatic carbocycles. The lowest BCUT2D eigenvalue weighted by atomic mass is 9.85. The summed E-state index contributed by atoms with van der Waals surface area (Å²) < 4.78 is 51.7. The number of benzene rings is 22. The average molecular weight is 1790 g/mol. The van der Waals surface area contributed by atoms with E-state index in [-0.39, 0.29) is 17.6 Å². The minimum absolute atomic E-state index is 0.242. The molecule has 2 aliphatic rings. The molecule has 0 radical (unpaired) electrons. The maximum atomic E-state index is 16.2. The first-order valence-corrected chi connectivity index (χ1v) is 48.1. The van der Waals surface area contributed by atoms with E-state index in [1.54, 1.807) is 18.2 Å². The molecular weight excluding hydrogens is 1700 g/mol. The van der Waals surface area contributed by atoms with Crippen molar-refractivity contribution in [1.29, 1.82) is 0 Å². The van der Waals surface area contributed by atoms with Crippen LogP contribution in [0.4, 0.5) is 77.0 Å². The number of ether oxygens (including phenoxy) is 2. The minimum atomic E-state index is -0.328. The van der Waals surface area contributed by atoms with E-state index in [0.29, 0.717) is 23.0 Å². The molecule has 0 aliphatic carbocycles. The second kappa shape index (κ2) is 33.3. The molecule has 26 rings (SSSR count). The van der Waals surface area contributed by atoms with Crippen molar-refractivity contribution < 1.29 is 18.3 Å². The van der Waals surface area contributed by atoms with Crippen LogP contribution in [-0.2, 0) is 0 Å². The number of halogens is 2. The molecule has 0 saturated carbocycles. The lowest BCUT2D eigenvalue weighted by molar-refractivity contribution is 0.478. The predicted molar refractivity (Wildman–Crippen MR) is 572 cm³/mol. The fourth-order valence-electron chi connectivity index (χ4n) is 20.9. The molecule has 0 amide bonds. The number of fused-ring (bicyclic) bond motifs is 18. The summed E-state index contributed by atoms with van der Waals surface area (Å²) >= 11 is 3.73. The minimum Gasteiger partial charge on any atom is -0.456 e. The van der Waals surface area contributed by atoms with Gasteiger partial charge in [0.1, 0.15) is 34.6 Å². The highest BCUT2D eigenvalue weighted by atomic mass is 32.1. The Morgan fingerprint density at radius 3 is 1.12 bits per heavy atom. The fourth-order valence-corrected chi connectivity index (χ4v) is 23.3. The lowest BCUT2D eigenvalue weighted by Crippen LogP contribution is -2.12. The predicted octanol–water partition coefficient (Wildman–Crippen LogP) is 38.3. The monoisotopic (exact) mass is 1790 g/mol. The Bertz CT molecular complexity index is 8920. The van der Waals surface area contributed by atoms with E-state index in [9.17, 15) is 0 Å². The highest BCUT2D eigenvalue weighted by Gasteiger charge is 2.34. The molecule has 10 heteroatoms. The van der Waals surface area contributed by atoms with Gasteiger partial charge in [0.2, 0.25) is 0 Å². The number of anilines is 12. The Morgan fingerprint density at radius 1 is 0.221 bits per heavy atom. The van der Waals surface area contributed by atoms with Gasteiger partial charge < -0.3 is 29.1 Å². The van der Waals surface area contributed by atoms with Gasteiger partial charge in [-0.2, -0.15) is 0 Å². The van der Waals surface area contributed by atoms with Crippen LogP contribution in [0.3, 0.4) is 0 Å². The molecule has 0 saturated heterocycles. The van der Waals surface area contributed by atoms with Gasteiger partial charge in [0.15, 0.2) is 0 Å². The van der Waals surface area contributed by atoms with Crippen molar-refractivity contribution in [3.63, 3.8) is 0 Å². The molecule has 4 heterocycles. The molecule has 0 spiro atoms. The van der Waals surface area contributed by atoms with Gasteiger partial charge in [-0.1, -0.05) is 289 Å². The van der Waals surface area contributed by atoms with Gasteiger partial charge in [0, 0.05) is 115 Å². The molecule has 0 atom stereocenters. The van der Waals surface area contributed by atoms with Crippen LogP contribution in [-0.4, -0.2) is 0 Å². The van der Waals surface area contributed by atoms with Crippen molar-refractivity contribution in [3.8, 4) is 67.5 Å². The van der Waals surface area contributed by atoms with Gasteiger partial charge in [-0.3, -0.25) is 0 Å². The van der Waals surface area contributed by atoms with E-state index >= 15 is 8.78 Å². The maximum absolute atomic E-state index is 16.2. The summed E-state index contributed by atoms with van der Waals surface area (Å²) in [7, 11) is 0. The normalized spacial score (nSPS) is 12.0. The van der Waals surface area contributed by atoms with Crippen molar-refractivity contribution in [2.45, 2.75) is 39.5 Å². The molecule has 0 N–H and O–H groups in total. The van der Waals surface area contributed by atoms with Crippen molar-refractivity contribution in [2.75, 3.05) is 19.6 Å². The Morgan fingerprint density at radius 2 is 0.603 bits per heavy atom. The lowest BCUT2D eigenvalue weighted by Gasteiger charge is -2.30. The Hall–Kier alpha value is -16.5. The average Bonchev–Trinajstić information content (AvgIpc) is 0.971. The first-order chi connectivity index (χ1) is 67.0. The van der Waals surface area contributed by atoms with Gasteiger partial charge in [-0.05, 0) is 258 Å². The summed E-state index contributed by atoms with van der Waals surface area (Å²) in [5, 5.41) is 18.5. The highest BCUT2D eigenvalue weighted by Crippen LogP contribution is 2.60. The summed E-state index contributed by atoms with van der Waals surface area (Å²) in [4.78, 5) is 8.89. The maximum Gasteiger partial charge on any atom is 0.147 e. The summed E-state index contributed by atoms with van der Waals surface area (Å²) in [6.45, 7) is 9.15. The van der Waals surface area contributed by atoms with Crippen LogP contribution in [0.25, 0.3) is 149 Å². The van der Waals surface area contributed by atoms with Crippen molar-refractivity contribution in [2.24, 2.45) is 0 Å². The molecule has 24 aromatic rings. The van der Waals surface area contributed by atoms with Gasteiger partial charge in [0.25, 0.3) is 0 Å². The quantitative estimate of drug-likeness (QED) is 0.0897. The third-order valence-corrected chi connectivity index (χ3v) is 29.7. The SMILES string of the molecule is CC(C)c1ccc2c(c1)c(N(c1ccccc1)c1cccc3c1sc1ccccc13)cc1c3ccc(C(C)C)c4c3c(cc21)-c1ccc(N(c2ccccc2)c2cccc3c2sc2ccccc23)cc1O4.Fc1ccccc1N(c1ccccc1)c1ccc2c(c1)Oc1c(-c3ccccc3)ccc3c1c-2cc1c2ccc(-c4ccccc4)cc2c(N(c2ccccc2)c2ccccc2F)cc31. The summed E-state index contributed by atoms with van der Waals surface area (Å²) in [5.74, 6) is 3.16. The largest absolute Gasteiger partial charge is 0.456 e. The van der Waals surface area contributed by atoms with Crippen LogP contribution in [0.15, 0.2) is 437 Å². The Balaban J connectivity index is 0.000000145. The number of thiophene rings is 2. The molecule has 2 aromatic heterocycles. The van der Waals surface area contributed by atoms with Gasteiger partial charge in [-0.25, -0.2) is 8.78 Å². The zero-order valence-electron chi connectivity index (χ0n) is 74.9. The van der Waals surface area contributed by atoms with Crippen molar-refractivity contribution >= 4 is 196 Å². The third-order valence-electron chi connectivity index (χ3n) is 27.3. The summed E-state index contributed by atoms with van der Waals surface area (Å²) in [5.41, 5.74) is 21.8. The summed E-state index contributed by atoms with van der Waals surface area (Å²) in [6.07, 6.45) is 0. The van der Waals surface area contributed by atoms with Crippen molar-refractivity contribution in [1.82, 2.24) is 0 Å². The molecule has 648 valence electrons. The molecule has 0 unspecified atom stereocenters. The number of hydrogen-bond donors (Lipinski definition) is 0. The van der Waals surface area contributed by atoms with Gasteiger partial charge in [0.05, 0.1) is 43.5 Å². The Kier molecular flexibility index (Phi) is 20.0. The first kappa shape index (κ1) is 81.5. The van der Waals surface area contributed by atoms with Gasteiger partial charge in [-0.15, -0.1) is 22.7 Å². The number of hydrogen-bond acceptors (Lipinski definition) is 8. The van der Waals surface area contributed by atoms with Crippen LogP contribution in [0.1, 0.15) is 50.7 Å². The molecule has 0 fully saturated rings. The standard InChI is InChI=1S/C66H48N2OS2.C60H38F2N2O/c1-39(2)41-29-31-46-53-37-56-47-32-30-44(67(42-17-7-5-8-18-42)57-25-15-23-51-48-21-11-13-27-61(48)70-65(51)57)36-60(47)69-64-45(40(3)4)33-34-50(63(56)64)54(53)38-59(55(46)35-41)68(43-19-9-6-10-20-43)58-26-16-24-52-49-22-12-14-28-62(49)71-66(52)58;61-53-25-13-15-27-55(53)63(42-21-9-3-10-22-42)44-30-32-47-52-37-49-46-31-29-41(39-17-5-1-6-18-39)35-51(46)57(64(43-23-11-4-12-24-43)56-28-16-14-26-54(56)62)38-50(49)48-34-33-45(40-19-7-2-8-20-40)60(59(48)52)65-58(47)36-44/h5-40H,1-4H3;1-38H. The van der Waals surface area contributed by atoms with Crippen LogP contribution < -0.4 is 29.1 Å². The fraction of sp³-hybridized carbons (Fsp3) is 0.0476. The van der Waals surface area contributed by atoms with Crippen molar-refractivity contribution in [3.05, 3.63) is 460 Å². The Labute approximate surface area is 794 Å². The molecule has 136 heavy (non-hydrogen) atoms. The van der Waals surface area contributed by atoms with Crippen LogP contribution >= 0.6 is 22.7 Å². The number of rotatable bonds is 16. The highest BCUT2D eigenvalue weighted by molar-refractivity contribution is 7.27. The molecular formula is C126H86F2N4O2S2. The van der Waals surface area contributed by atoms with E-state index in [1.165, 1.54) is 107 Å². The molecule has 6 nitrogen and oxygen atoms in total. The third kappa shape index (κ3) is 13.7. The van der Waals surface area contributed by atoms with Crippen LogP contribution in [0, 0.1) is 11.6 Å². The van der Waals surface area contributed by atoms with Crippen LogP contribution in [0.5, 0.6) is 23.0 Å². The molecule has 0 bridgehead atoms. The van der Waals surface area contributed by atoms with E-state index in [0.717, 1.165) is 140 Å². The first-order valence-electron chi connectivity index (χ1n) is 46.4. The van der Waals surface area contributed by atoms with Crippen LogP contribution in [0.2, 0.25) is 0 Å². The van der Waals surface area contributed by atoms with Gasteiger partial charge >= 0.3 is 0 Å². The topological polar surface area (TPSA) is 31.4 Å². The van der Waals surface area contributed by atoms with E-state index in [4.69, 9.17) is 9.47 Å². The zero-order chi connectivity index (χ0) is 90.9. The van der Waals surface area contributed by atoms with E-state index < -0.39 is 0 Å². The summed E-state index contributed by atoms with van der Waals surface area (Å²) in [6, 6.07) is 152. The van der Waals surface area contributed by atoms with E-state index in [1.807, 2.05) is 148 Å².